The summed E-state index contributed by atoms with van der Waals surface area (Å²) in [6.45, 7) is 1.65. The Morgan fingerprint density at radius 1 is 1.25 bits per heavy atom. The second kappa shape index (κ2) is 6.35. The Balaban J connectivity index is 1.64. The fourth-order valence-electron chi connectivity index (χ4n) is 3.03. The van der Waals surface area contributed by atoms with E-state index in [1.165, 1.54) is 9.58 Å². The van der Waals surface area contributed by atoms with Gasteiger partial charge in [0, 0.05) is 12.5 Å². The van der Waals surface area contributed by atoms with Crippen molar-refractivity contribution in [2.75, 3.05) is 0 Å². The fraction of sp³-hybridized carbons (Fsp3) is 0.333. The van der Waals surface area contributed by atoms with Crippen LogP contribution < -0.4 is 0 Å². The molecule has 1 aliphatic rings. The van der Waals surface area contributed by atoms with Crippen LogP contribution in [0, 0.1) is 5.82 Å². The highest BCUT2D eigenvalue weighted by Gasteiger charge is 2.40. The first-order valence-corrected chi connectivity index (χ1v) is 8.08. The molecular weight excluding hydrogens is 384 g/mol. The molecule has 0 aromatic carbocycles. The molecule has 1 N–H and O–H groups in total. The van der Waals surface area contributed by atoms with E-state index < -0.39 is 35.2 Å². The Bertz CT molecular complexity index is 1030. The lowest BCUT2D eigenvalue weighted by Gasteiger charge is -2.32. The van der Waals surface area contributed by atoms with Crippen molar-refractivity contribution in [1.29, 1.82) is 0 Å². The Morgan fingerprint density at radius 3 is 2.64 bits per heavy atom. The molecule has 0 spiro atoms. The number of fused-ring (bicyclic) bond motifs is 1. The molecule has 1 atom stereocenters. The van der Waals surface area contributed by atoms with Crippen LogP contribution in [0.25, 0.3) is 5.95 Å². The van der Waals surface area contributed by atoms with Gasteiger partial charge in [-0.1, -0.05) is 5.21 Å². The van der Waals surface area contributed by atoms with E-state index in [9.17, 15) is 22.4 Å². The SMILES string of the molecule is C[C@H]1Cc2c(nnn2-c2ncc(F)cn2)CN1C(=O)c1cn[nH]c1C(F)(F)F. The normalized spacial score (nSPS) is 16.9. The number of nitrogens with one attached hydrogen (secondary N) is 1. The highest BCUT2D eigenvalue weighted by molar-refractivity contribution is 5.95. The van der Waals surface area contributed by atoms with Gasteiger partial charge in [-0.25, -0.2) is 14.4 Å². The monoisotopic (exact) mass is 396 g/mol. The van der Waals surface area contributed by atoms with Crippen LogP contribution in [-0.2, 0) is 19.1 Å². The number of halogens is 4. The number of alkyl halides is 3. The largest absolute Gasteiger partial charge is 0.433 e. The molecule has 1 amide bonds. The summed E-state index contributed by atoms with van der Waals surface area (Å²) in [5.41, 5.74) is -0.751. The highest BCUT2D eigenvalue weighted by atomic mass is 19.4. The smallest absolute Gasteiger partial charge is 0.329 e. The highest BCUT2D eigenvalue weighted by Crippen LogP contribution is 2.32. The number of nitrogens with zero attached hydrogens (tertiary/aromatic N) is 7. The number of amides is 1. The van der Waals surface area contributed by atoms with Crippen molar-refractivity contribution in [3.05, 3.63) is 47.1 Å². The van der Waals surface area contributed by atoms with Gasteiger partial charge in [0.25, 0.3) is 11.9 Å². The zero-order valence-corrected chi connectivity index (χ0v) is 14.3. The molecule has 13 heteroatoms. The van der Waals surface area contributed by atoms with Gasteiger partial charge in [0.15, 0.2) is 11.5 Å². The van der Waals surface area contributed by atoms with Gasteiger partial charge in [-0.05, 0) is 6.92 Å². The Labute approximate surface area is 154 Å². The van der Waals surface area contributed by atoms with E-state index in [2.05, 4.69) is 25.4 Å². The van der Waals surface area contributed by atoms with Crippen molar-refractivity contribution in [2.24, 2.45) is 0 Å². The molecule has 0 unspecified atom stereocenters. The van der Waals surface area contributed by atoms with Gasteiger partial charge in [-0.2, -0.15) is 23.0 Å². The second-order valence-electron chi connectivity index (χ2n) is 6.24. The van der Waals surface area contributed by atoms with Crippen LogP contribution in [-0.4, -0.2) is 52.0 Å². The first-order valence-electron chi connectivity index (χ1n) is 8.08. The molecule has 9 nitrogen and oxygen atoms in total. The summed E-state index contributed by atoms with van der Waals surface area (Å²) in [7, 11) is 0. The molecular formula is C15H12F4N8O. The van der Waals surface area contributed by atoms with Crippen molar-refractivity contribution in [1.82, 2.24) is 40.1 Å². The van der Waals surface area contributed by atoms with Gasteiger partial charge in [0.2, 0.25) is 0 Å². The molecule has 4 rings (SSSR count). The predicted molar refractivity (Wildman–Crippen MR) is 83.5 cm³/mol. The fourth-order valence-corrected chi connectivity index (χ4v) is 3.03. The maximum atomic E-state index is 13.1. The lowest BCUT2D eigenvalue weighted by atomic mass is 10.0. The average Bonchev–Trinajstić information content (AvgIpc) is 3.28. The molecule has 0 aliphatic carbocycles. The minimum Gasteiger partial charge on any atom is -0.329 e. The molecule has 0 bridgehead atoms. The summed E-state index contributed by atoms with van der Waals surface area (Å²) in [6.07, 6.45) is -1.65. The lowest BCUT2D eigenvalue weighted by Crippen LogP contribution is -2.43. The number of aromatic amines is 1. The average molecular weight is 396 g/mol. The van der Waals surface area contributed by atoms with E-state index in [0.29, 0.717) is 11.4 Å². The molecule has 0 radical (unpaired) electrons. The van der Waals surface area contributed by atoms with E-state index in [1.807, 2.05) is 5.10 Å². The molecule has 3 aromatic heterocycles. The summed E-state index contributed by atoms with van der Waals surface area (Å²) in [6, 6.07) is -0.450. The molecule has 1 aliphatic heterocycles. The van der Waals surface area contributed by atoms with E-state index >= 15 is 0 Å². The number of rotatable bonds is 2. The number of carbonyl (C=O) groups excluding carboxylic acids is 1. The molecule has 28 heavy (non-hydrogen) atoms. The topological polar surface area (TPSA) is 105 Å². The van der Waals surface area contributed by atoms with Crippen LogP contribution in [0.3, 0.4) is 0 Å². The Kier molecular flexibility index (Phi) is 4.08. The zero-order chi connectivity index (χ0) is 20.1. The van der Waals surface area contributed by atoms with Gasteiger partial charge in [0.05, 0.1) is 36.4 Å². The first-order chi connectivity index (χ1) is 13.3. The van der Waals surface area contributed by atoms with Gasteiger partial charge in [-0.15, -0.1) is 5.10 Å². The molecule has 3 aromatic rings. The number of hydrogen-bond donors (Lipinski definition) is 1. The standard InChI is InChI=1S/C15H12F4N8O/c1-7-2-11-10(23-25-27(11)14-20-3-8(16)4-21-14)6-26(7)13(28)9-5-22-24-12(9)15(17,18)19/h3-5,7H,2,6H2,1H3,(H,22,24)/t7-/m0/s1. The van der Waals surface area contributed by atoms with Crippen LogP contribution in [0.2, 0.25) is 0 Å². The summed E-state index contributed by atoms with van der Waals surface area (Å²) in [5.74, 6) is -1.31. The van der Waals surface area contributed by atoms with Crippen LogP contribution in [0.5, 0.6) is 0 Å². The van der Waals surface area contributed by atoms with E-state index in [4.69, 9.17) is 0 Å². The summed E-state index contributed by atoms with van der Waals surface area (Å²) in [4.78, 5) is 21.7. The van der Waals surface area contributed by atoms with Crippen molar-refractivity contribution < 1.29 is 22.4 Å². The van der Waals surface area contributed by atoms with Crippen molar-refractivity contribution in [3.8, 4) is 5.95 Å². The van der Waals surface area contributed by atoms with E-state index in [1.54, 1.807) is 6.92 Å². The number of carbonyl (C=O) groups is 1. The molecule has 146 valence electrons. The zero-order valence-electron chi connectivity index (χ0n) is 14.3. The molecule has 0 fully saturated rings. The molecule has 4 heterocycles. The van der Waals surface area contributed by atoms with Crippen molar-refractivity contribution >= 4 is 5.91 Å². The van der Waals surface area contributed by atoms with E-state index in [0.717, 1.165) is 18.6 Å². The third kappa shape index (κ3) is 2.97. The minimum atomic E-state index is -4.73. The summed E-state index contributed by atoms with van der Waals surface area (Å²) < 4.78 is 53.5. The Hall–Kier alpha value is -3.38. The third-order valence-electron chi connectivity index (χ3n) is 4.39. The first kappa shape index (κ1) is 18.0. The second-order valence-corrected chi connectivity index (χ2v) is 6.24. The van der Waals surface area contributed by atoms with Gasteiger partial charge in [0.1, 0.15) is 5.69 Å². The summed E-state index contributed by atoms with van der Waals surface area (Å²) >= 11 is 0. The predicted octanol–water partition coefficient (Wildman–Crippen LogP) is 1.53. The molecule has 0 saturated heterocycles. The van der Waals surface area contributed by atoms with Crippen molar-refractivity contribution in [3.63, 3.8) is 0 Å². The van der Waals surface area contributed by atoms with Crippen LogP contribution >= 0.6 is 0 Å². The van der Waals surface area contributed by atoms with Crippen molar-refractivity contribution in [2.45, 2.75) is 32.1 Å². The number of H-pyrrole nitrogens is 1. The van der Waals surface area contributed by atoms with Crippen LogP contribution in [0.15, 0.2) is 18.6 Å². The maximum Gasteiger partial charge on any atom is 0.433 e. The number of aromatic nitrogens is 7. The third-order valence-corrected chi connectivity index (χ3v) is 4.39. The Morgan fingerprint density at radius 2 is 1.96 bits per heavy atom. The molecule has 0 saturated carbocycles. The maximum absolute atomic E-state index is 13.1. The lowest BCUT2D eigenvalue weighted by molar-refractivity contribution is -0.141. The minimum absolute atomic E-state index is 0.0427. The van der Waals surface area contributed by atoms with Crippen LogP contribution in [0.4, 0.5) is 17.6 Å². The van der Waals surface area contributed by atoms with Gasteiger partial charge < -0.3 is 4.90 Å². The van der Waals surface area contributed by atoms with Gasteiger partial charge >= 0.3 is 6.18 Å². The van der Waals surface area contributed by atoms with E-state index in [-0.39, 0.29) is 18.9 Å². The van der Waals surface area contributed by atoms with Crippen LogP contribution in [0.1, 0.15) is 34.4 Å². The number of hydrogen-bond acceptors (Lipinski definition) is 6. The van der Waals surface area contributed by atoms with Gasteiger partial charge in [-0.3, -0.25) is 9.89 Å². The quantitative estimate of drug-likeness (QED) is 0.659. The summed E-state index contributed by atoms with van der Waals surface area (Å²) in [5, 5.41) is 13.1.